The topological polar surface area (TPSA) is 115 Å². The summed E-state index contributed by atoms with van der Waals surface area (Å²) in [6.07, 6.45) is 2.11. The lowest BCUT2D eigenvalue weighted by molar-refractivity contribution is 0.0465. The molecule has 2 N–H and O–H groups in total. The molecule has 3 aromatic heterocycles. The van der Waals surface area contributed by atoms with E-state index in [1.807, 2.05) is 29.8 Å². The standard InChI is InChI=1S/C30H35FN6O4/c1-30(2,3)41-29(40)32-19(14-31)16-36-11-10-21-20(28(36)39)13-22-26(33-21)35(4)27(34-22)23-12-18-6-5-7-24(38)25(18)37(23)15-17-8-9-17/h5-7,12-13,17,19,38H,8-11,14-16H2,1-4H3,(H,32,40)/t19-/m1/s1. The first-order chi connectivity index (χ1) is 19.5. The molecule has 1 fully saturated rings. The number of imidazole rings is 1. The molecule has 2 amide bonds. The van der Waals surface area contributed by atoms with Gasteiger partial charge in [0.15, 0.2) is 11.5 Å². The van der Waals surface area contributed by atoms with Gasteiger partial charge in [0, 0.05) is 38.5 Å². The summed E-state index contributed by atoms with van der Waals surface area (Å²) in [5.74, 6) is 1.24. The van der Waals surface area contributed by atoms with Gasteiger partial charge in [-0.2, -0.15) is 0 Å². The summed E-state index contributed by atoms with van der Waals surface area (Å²) >= 11 is 0. The van der Waals surface area contributed by atoms with Gasteiger partial charge in [0.05, 0.1) is 28.5 Å². The molecule has 2 aliphatic rings. The molecule has 10 nitrogen and oxygen atoms in total. The summed E-state index contributed by atoms with van der Waals surface area (Å²) in [4.78, 5) is 36.9. The lowest BCUT2D eigenvalue weighted by Crippen LogP contribution is -2.50. The fourth-order valence-corrected chi connectivity index (χ4v) is 5.55. The number of fused-ring (bicyclic) bond motifs is 3. The zero-order valence-electron chi connectivity index (χ0n) is 23.8. The van der Waals surface area contributed by atoms with Gasteiger partial charge in [-0.05, 0) is 57.7 Å². The molecular formula is C30H35FN6O4. The Hall–Kier alpha value is -4.15. The highest BCUT2D eigenvalue weighted by molar-refractivity contribution is 5.99. The van der Waals surface area contributed by atoms with Crippen LogP contribution in [0.1, 0.15) is 49.7 Å². The number of amides is 2. The van der Waals surface area contributed by atoms with Crippen molar-refractivity contribution in [2.45, 2.75) is 58.2 Å². The molecule has 0 radical (unpaired) electrons. The van der Waals surface area contributed by atoms with E-state index < -0.39 is 24.4 Å². The number of carbonyl (C=O) groups is 2. The second-order valence-corrected chi connectivity index (χ2v) is 12.1. The van der Waals surface area contributed by atoms with Crippen LogP contribution >= 0.6 is 0 Å². The summed E-state index contributed by atoms with van der Waals surface area (Å²) in [7, 11) is 1.91. The molecule has 1 atom stereocenters. The highest BCUT2D eigenvalue weighted by atomic mass is 19.1. The third-order valence-electron chi connectivity index (χ3n) is 7.67. The number of nitrogens with zero attached hydrogens (tertiary/aromatic N) is 5. The number of ether oxygens (including phenoxy) is 1. The van der Waals surface area contributed by atoms with E-state index in [2.05, 4.69) is 9.88 Å². The van der Waals surface area contributed by atoms with Gasteiger partial charge in [0.1, 0.15) is 23.5 Å². The highest BCUT2D eigenvalue weighted by Gasteiger charge is 2.31. The SMILES string of the molecule is Cn1c(-c2cc3cccc(O)c3n2CC2CC2)nc2cc3c(nc21)CCN(C[C@@H](CF)NC(=O)OC(C)(C)C)C3=O. The van der Waals surface area contributed by atoms with Crippen molar-refractivity contribution in [2.75, 3.05) is 19.8 Å². The van der Waals surface area contributed by atoms with E-state index >= 15 is 0 Å². The predicted molar refractivity (Wildman–Crippen MR) is 153 cm³/mol. The molecule has 1 aliphatic carbocycles. The van der Waals surface area contributed by atoms with E-state index in [1.165, 1.54) is 17.7 Å². The molecule has 1 aromatic carbocycles. The number of pyridine rings is 1. The number of para-hydroxylation sites is 1. The van der Waals surface area contributed by atoms with Gasteiger partial charge >= 0.3 is 6.09 Å². The number of benzene rings is 1. The number of phenolic OH excluding ortho intramolecular Hbond substituents is 1. The number of aromatic nitrogens is 4. The number of alkyl halides is 1. The maximum atomic E-state index is 13.8. The lowest BCUT2D eigenvalue weighted by Gasteiger charge is -2.31. The monoisotopic (exact) mass is 562 g/mol. The molecule has 0 saturated heterocycles. The van der Waals surface area contributed by atoms with Crippen LogP contribution in [0.2, 0.25) is 0 Å². The Morgan fingerprint density at radius 1 is 1.24 bits per heavy atom. The molecule has 0 unspecified atom stereocenters. The van der Waals surface area contributed by atoms with Crippen LogP contribution in [0, 0.1) is 5.92 Å². The number of aromatic hydroxyl groups is 1. The van der Waals surface area contributed by atoms with E-state index in [-0.39, 0.29) is 18.2 Å². The molecule has 6 rings (SSSR count). The summed E-state index contributed by atoms with van der Waals surface area (Å²) in [6, 6.07) is 8.43. The Kier molecular flexibility index (Phi) is 6.62. The molecule has 0 spiro atoms. The van der Waals surface area contributed by atoms with Gasteiger partial charge in [-0.3, -0.25) is 4.79 Å². The normalized spacial score (nSPS) is 16.3. The van der Waals surface area contributed by atoms with Crippen LogP contribution in [0.15, 0.2) is 30.3 Å². The molecule has 4 heterocycles. The highest BCUT2D eigenvalue weighted by Crippen LogP contribution is 2.38. The van der Waals surface area contributed by atoms with Gasteiger partial charge < -0.3 is 29.2 Å². The number of rotatable bonds is 7. The lowest BCUT2D eigenvalue weighted by atomic mass is 10.0. The quantitative estimate of drug-likeness (QED) is 0.341. The van der Waals surface area contributed by atoms with Crippen LogP contribution in [-0.2, 0) is 24.8 Å². The van der Waals surface area contributed by atoms with Crippen LogP contribution in [-0.4, -0.2) is 72.5 Å². The number of halogens is 1. The summed E-state index contributed by atoms with van der Waals surface area (Å²) < 4.78 is 23.1. The van der Waals surface area contributed by atoms with Crippen LogP contribution in [0.4, 0.5) is 9.18 Å². The average Bonchev–Trinajstić information content (AvgIpc) is 3.57. The van der Waals surface area contributed by atoms with Crippen molar-refractivity contribution >= 4 is 34.1 Å². The van der Waals surface area contributed by atoms with Gasteiger partial charge in [-0.25, -0.2) is 19.2 Å². The van der Waals surface area contributed by atoms with Crippen LogP contribution < -0.4 is 5.32 Å². The first-order valence-electron chi connectivity index (χ1n) is 14.0. The van der Waals surface area contributed by atoms with Crippen molar-refractivity contribution in [3.63, 3.8) is 0 Å². The molecule has 41 heavy (non-hydrogen) atoms. The number of phenols is 1. The van der Waals surface area contributed by atoms with Gasteiger partial charge in [0.2, 0.25) is 0 Å². The van der Waals surface area contributed by atoms with Crippen molar-refractivity contribution in [1.82, 2.24) is 29.3 Å². The van der Waals surface area contributed by atoms with Gasteiger partial charge in [0.25, 0.3) is 5.91 Å². The second-order valence-electron chi connectivity index (χ2n) is 12.1. The minimum absolute atomic E-state index is 0.0181. The first kappa shape index (κ1) is 27.0. The summed E-state index contributed by atoms with van der Waals surface area (Å²) in [6.45, 7) is 5.53. The van der Waals surface area contributed by atoms with E-state index in [4.69, 9.17) is 14.7 Å². The van der Waals surface area contributed by atoms with Crippen molar-refractivity contribution in [2.24, 2.45) is 13.0 Å². The minimum Gasteiger partial charge on any atom is -0.506 e. The number of nitrogens with one attached hydrogen (secondary N) is 1. The number of aryl methyl sites for hydroxylation is 1. The molecular weight excluding hydrogens is 527 g/mol. The van der Waals surface area contributed by atoms with Gasteiger partial charge in [-0.1, -0.05) is 12.1 Å². The second kappa shape index (κ2) is 10.0. The molecule has 11 heteroatoms. The summed E-state index contributed by atoms with van der Waals surface area (Å²) in [5, 5.41) is 14.1. The average molecular weight is 563 g/mol. The zero-order valence-corrected chi connectivity index (χ0v) is 23.8. The van der Waals surface area contributed by atoms with Crippen molar-refractivity contribution in [3.8, 4) is 17.3 Å². The number of hydrogen-bond acceptors (Lipinski definition) is 6. The number of carbonyl (C=O) groups excluding carboxylic acids is 2. The van der Waals surface area contributed by atoms with Crippen molar-refractivity contribution in [1.29, 1.82) is 0 Å². The maximum absolute atomic E-state index is 13.8. The van der Waals surface area contributed by atoms with E-state index in [9.17, 15) is 19.1 Å². The van der Waals surface area contributed by atoms with Crippen LogP contribution in [0.5, 0.6) is 5.75 Å². The Balaban J connectivity index is 1.31. The Morgan fingerprint density at radius 3 is 2.73 bits per heavy atom. The van der Waals surface area contributed by atoms with Crippen LogP contribution in [0.3, 0.4) is 0 Å². The van der Waals surface area contributed by atoms with Crippen molar-refractivity contribution in [3.05, 3.63) is 41.6 Å². The van der Waals surface area contributed by atoms with Crippen LogP contribution in [0.25, 0.3) is 33.6 Å². The third-order valence-corrected chi connectivity index (χ3v) is 7.67. The predicted octanol–water partition coefficient (Wildman–Crippen LogP) is 4.57. The molecule has 1 aliphatic heterocycles. The van der Waals surface area contributed by atoms with Crippen molar-refractivity contribution < 1.29 is 23.8 Å². The van der Waals surface area contributed by atoms with E-state index in [0.29, 0.717) is 47.1 Å². The minimum atomic E-state index is -0.890. The van der Waals surface area contributed by atoms with Gasteiger partial charge in [-0.15, -0.1) is 0 Å². The largest absolute Gasteiger partial charge is 0.506 e. The third kappa shape index (κ3) is 5.20. The van der Waals surface area contributed by atoms with E-state index in [0.717, 1.165) is 23.1 Å². The number of hydrogen-bond donors (Lipinski definition) is 2. The first-order valence-corrected chi connectivity index (χ1v) is 14.0. The Bertz CT molecular complexity index is 1670. The molecule has 0 bridgehead atoms. The molecule has 1 saturated carbocycles. The maximum Gasteiger partial charge on any atom is 0.408 e. The smallest absolute Gasteiger partial charge is 0.408 e. The number of alkyl carbamates (subject to hydrolysis) is 1. The Morgan fingerprint density at radius 2 is 2.02 bits per heavy atom. The zero-order chi connectivity index (χ0) is 29.1. The molecule has 216 valence electrons. The fourth-order valence-electron chi connectivity index (χ4n) is 5.55. The fraction of sp³-hybridized carbons (Fsp3) is 0.467. The summed E-state index contributed by atoms with van der Waals surface area (Å²) in [5.41, 5.74) is 3.32. The molecule has 4 aromatic rings. The Labute approximate surface area is 237 Å². The van der Waals surface area contributed by atoms with E-state index in [1.54, 1.807) is 32.9 Å².